The van der Waals surface area contributed by atoms with E-state index in [1.807, 2.05) is 38.2 Å². The highest BCUT2D eigenvalue weighted by Gasteiger charge is 2.12. The van der Waals surface area contributed by atoms with Crippen LogP contribution >= 0.6 is 0 Å². The summed E-state index contributed by atoms with van der Waals surface area (Å²) < 4.78 is 0. The molecule has 0 unspecified atom stereocenters. The van der Waals surface area contributed by atoms with Gasteiger partial charge >= 0.3 is 0 Å². The summed E-state index contributed by atoms with van der Waals surface area (Å²) in [6.45, 7) is 2.71. The van der Waals surface area contributed by atoms with Crippen molar-refractivity contribution < 1.29 is 4.79 Å². The minimum absolute atomic E-state index is 0.0786. The first-order valence-corrected chi connectivity index (χ1v) is 6.34. The number of hydrogen-bond acceptors (Lipinski definition) is 1. The monoisotopic (exact) mass is 241 g/mol. The van der Waals surface area contributed by atoms with Crippen LogP contribution in [0, 0.1) is 6.92 Å². The van der Waals surface area contributed by atoms with Crippen LogP contribution < -0.4 is 0 Å². The Kier molecular flexibility index (Phi) is 3.98. The van der Waals surface area contributed by atoms with Crippen molar-refractivity contribution in [1.29, 1.82) is 0 Å². The number of carbonyl (C=O) groups is 1. The number of rotatable bonds is 3. The van der Waals surface area contributed by atoms with Crippen molar-refractivity contribution in [1.82, 2.24) is 4.90 Å². The summed E-state index contributed by atoms with van der Waals surface area (Å²) in [6.07, 6.45) is 8.68. The van der Waals surface area contributed by atoms with E-state index in [0.717, 1.165) is 18.4 Å². The predicted molar refractivity (Wildman–Crippen MR) is 74.6 cm³/mol. The van der Waals surface area contributed by atoms with Gasteiger partial charge in [-0.05, 0) is 37.5 Å². The molecule has 1 aromatic rings. The van der Waals surface area contributed by atoms with E-state index in [1.165, 1.54) is 11.1 Å². The highest BCUT2D eigenvalue weighted by molar-refractivity contribution is 5.94. The quantitative estimate of drug-likeness (QED) is 0.794. The maximum Gasteiger partial charge on any atom is 0.253 e. The number of nitrogens with zero attached hydrogens (tertiary/aromatic N) is 1. The smallest absolute Gasteiger partial charge is 0.253 e. The normalized spacial score (nSPS) is 14.2. The molecule has 0 aliphatic heterocycles. The zero-order chi connectivity index (χ0) is 13.0. The molecule has 0 heterocycles. The van der Waals surface area contributed by atoms with Gasteiger partial charge in [-0.2, -0.15) is 0 Å². The Morgan fingerprint density at radius 2 is 1.94 bits per heavy atom. The molecule has 0 spiro atoms. The fraction of sp³-hybridized carbons (Fsp3) is 0.312. The molecule has 1 aliphatic carbocycles. The molecule has 1 amide bonds. The highest BCUT2D eigenvalue weighted by atomic mass is 16.2. The Bertz CT molecular complexity index is 482. The summed E-state index contributed by atoms with van der Waals surface area (Å²) in [4.78, 5) is 14.0. The molecule has 2 rings (SSSR count). The number of benzene rings is 1. The summed E-state index contributed by atoms with van der Waals surface area (Å²) in [7, 11) is 1.85. The van der Waals surface area contributed by atoms with Crippen LogP contribution in [0.1, 0.15) is 28.8 Å². The Balaban J connectivity index is 2.02. The van der Waals surface area contributed by atoms with Crippen molar-refractivity contribution in [2.75, 3.05) is 13.6 Å². The van der Waals surface area contributed by atoms with Gasteiger partial charge in [-0.25, -0.2) is 0 Å². The van der Waals surface area contributed by atoms with Crippen LogP contribution in [0.15, 0.2) is 48.1 Å². The van der Waals surface area contributed by atoms with Gasteiger partial charge in [0, 0.05) is 19.2 Å². The van der Waals surface area contributed by atoms with Gasteiger partial charge in [0.1, 0.15) is 0 Å². The lowest BCUT2D eigenvalue weighted by molar-refractivity contribution is 0.0807. The third kappa shape index (κ3) is 3.10. The molecule has 0 atom stereocenters. The average molecular weight is 241 g/mol. The Morgan fingerprint density at radius 1 is 1.22 bits per heavy atom. The first-order valence-electron chi connectivity index (χ1n) is 6.34. The van der Waals surface area contributed by atoms with E-state index in [2.05, 4.69) is 18.2 Å². The molecule has 1 aromatic carbocycles. The lowest BCUT2D eigenvalue weighted by Crippen LogP contribution is -2.28. The second-order valence-corrected chi connectivity index (χ2v) is 4.79. The van der Waals surface area contributed by atoms with E-state index in [0.29, 0.717) is 6.54 Å². The van der Waals surface area contributed by atoms with E-state index in [4.69, 9.17) is 0 Å². The van der Waals surface area contributed by atoms with Crippen molar-refractivity contribution in [3.8, 4) is 0 Å². The van der Waals surface area contributed by atoms with E-state index in [9.17, 15) is 4.79 Å². The van der Waals surface area contributed by atoms with E-state index < -0.39 is 0 Å². The van der Waals surface area contributed by atoms with E-state index >= 15 is 0 Å². The lowest BCUT2D eigenvalue weighted by Gasteiger charge is -2.19. The van der Waals surface area contributed by atoms with Gasteiger partial charge < -0.3 is 4.90 Å². The number of hydrogen-bond donors (Lipinski definition) is 0. The number of likely N-dealkylation sites (N-methyl/N-ethyl adjacent to an activating group) is 1. The molecular weight excluding hydrogens is 222 g/mol. The summed E-state index contributed by atoms with van der Waals surface area (Å²) in [5.74, 6) is 0.0786. The van der Waals surface area contributed by atoms with Gasteiger partial charge in [0.2, 0.25) is 0 Å². The van der Waals surface area contributed by atoms with Gasteiger partial charge in [0.05, 0.1) is 0 Å². The fourth-order valence-electron chi connectivity index (χ4n) is 2.05. The molecule has 0 radical (unpaired) electrons. The molecule has 1 aliphatic rings. The van der Waals surface area contributed by atoms with Gasteiger partial charge in [-0.1, -0.05) is 35.9 Å². The predicted octanol–water partition coefficient (Wildman–Crippen LogP) is 3.34. The zero-order valence-corrected chi connectivity index (χ0v) is 11.0. The van der Waals surface area contributed by atoms with E-state index in [-0.39, 0.29) is 5.91 Å². The number of allylic oxidation sites excluding steroid dienone is 2. The average Bonchev–Trinajstić information content (AvgIpc) is 2.40. The van der Waals surface area contributed by atoms with Gasteiger partial charge in [-0.15, -0.1) is 0 Å². The minimum Gasteiger partial charge on any atom is -0.337 e. The van der Waals surface area contributed by atoms with Crippen molar-refractivity contribution in [3.63, 3.8) is 0 Å². The molecular formula is C16H19NO. The topological polar surface area (TPSA) is 20.3 Å². The molecule has 2 heteroatoms. The van der Waals surface area contributed by atoms with Crippen molar-refractivity contribution in [2.24, 2.45) is 0 Å². The summed E-state index contributed by atoms with van der Waals surface area (Å²) in [5, 5.41) is 0. The van der Waals surface area contributed by atoms with Crippen LogP contribution in [0.5, 0.6) is 0 Å². The first kappa shape index (κ1) is 12.6. The second-order valence-electron chi connectivity index (χ2n) is 4.79. The number of amides is 1. The van der Waals surface area contributed by atoms with Crippen LogP contribution in [-0.2, 0) is 0 Å². The molecule has 2 nitrogen and oxygen atoms in total. The van der Waals surface area contributed by atoms with Gasteiger partial charge in [0.15, 0.2) is 0 Å². The summed E-state index contributed by atoms with van der Waals surface area (Å²) >= 11 is 0. The number of aryl methyl sites for hydroxylation is 1. The van der Waals surface area contributed by atoms with E-state index in [1.54, 1.807) is 4.90 Å². The van der Waals surface area contributed by atoms with Gasteiger partial charge in [0.25, 0.3) is 5.91 Å². The summed E-state index contributed by atoms with van der Waals surface area (Å²) in [6, 6.07) is 7.72. The molecule has 94 valence electrons. The Labute approximate surface area is 109 Å². The standard InChI is InChI=1S/C16H19NO/c1-13-8-10-15(11-9-13)16(18)17(2)12-14-6-4-3-5-7-14/h4,6-11H,3,5,12H2,1-2H3. The molecule has 0 saturated carbocycles. The maximum absolute atomic E-state index is 12.2. The SMILES string of the molecule is Cc1ccc(C(=O)N(C)CC2=CCCC=C2)cc1. The van der Waals surface area contributed by atoms with Crippen LogP contribution in [0.25, 0.3) is 0 Å². The molecule has 0 fully saturated rings. The van der Waals surface area contributed by atoms with Crippen molar-refractivity contribution >= 4 is 5.91 Å². The lowest BCUT2D eigenvalue weighted by atomic mass is 10.1. The Hall–Kier alpha value is -1.83. The minimum atomic E-state index is 0.0786. The molecule has 0 aromatic heterocycles. The summed E-state index contributed by atoms with van der Waals surface area (Å²) in [5.41, 5.74) is 3.15. The molecule has 18 heavy (non-hydrogen) atoms. The van der Waals surface area contributed by atoms with Gasteiger partial charge in [-0.3, -0.25) is 4.79 Å². The third-order valence-corrected chi connectivity index (χ3v) is 3.14. The maximum atomic E-state index is 12.2. The zero-order valence-electron chi connectivity index (χ0n) is 11.0. The second kappa shape index (κ2) is 5.67. The fourth-order valence-corrected chi connectivity index (χ4v) is 2.05. The van der Waals surface area contributed by atoms with Crippen LogP contribution in [0.4, 0.5) is 0 Å². The van der Waals surface area contributed by atoms with Crippen LogP contribution in [0.2, 0.25) is 0 Å². The van der Waals surface area contributed by atoms with Crippen molar-refractivity contribution in [2.45, 2.75) is 19.8 Å². The number of carbonyl (C=O) groups excluding carboxylic acids is 1. The molecule has 0 bridgehead atoms. The van der Waals surface area contributed by atoms with Crippen LogP contribution in [-0.4, -0.2) is 24.4 Å². The largest absolute Gasteiger partial charge is 0.337 e. The highest BCUT2D eigenvalue weighted by Crippen LogP contribution is 2.12. The first-order chi connectivity index (χ1) is 8.66. The Morgan fingerprint density at radius 3 is 2.56 bits per heavy atom. The third-order valence-electron chi connectivity index (χ3n) is 3.14. The van der Waals surface area contributed by atoms with Crippen LogP contribution in [0.3, 0.4) is 0 Å². The van der Waals surface area contributed by atoms with Crippen molar-refractivity contribution in [3.05, 3.63) is 59.2 Å². The molecule has 0 saturated heterocycles. The molecule has 0 N–H and O–H groups in total.